The number of benzene rings is 1. The fraction of sp³-hybridized carbons (Fsp3) is 0.588. The third-order valence-corrected chi connectivity index (χ3v) is 3.31. The van der Waals surface area contributed by atoms with Crippen LogP contribution in [-0.4, -0.2) is 30.6 Å². The fourth-order valence-electron chi connectivity index (χ4n) is 2.16. The second-order valence-electron chi connectivity index (χ2n) is 5.99. The van der Waals surface area contributed by atoms with E-state index in [4.69, 9.17) is 0 Å². The van der Waals surface area contributed by atoms with Crippen LogP contribution in [0.2, 0.25) is 0 Å². The van der Waals surface area contributed by atoms with E-state index in [1.807, 2.05) is 12.1 Å². The highest BCUT2D eigenvalue weighted by atomic mass is 16.5. The zero-order valence-corrected chi connectivity index (χ0v) is 13.3. The summed E-state index contributed by atoms with van der Waals surface area (Å²) < 4.78 is 4.68. The number of methoxy groups -OCH3 is 1. The molecule has 20 heavy (non-hydrogen) atoms. The van der Waals surface area contributed by atoms with Gasteiger partial charge in [-0.05, 0) is 30.9 Å². The Labute approximate surface area is 122 Å². The van der Waals surface area contributed by atoms with E-state index in [0.29, 0.717) is 18.4 Å². The van der Waals surface area contributed by atoms with Crippen molar-refractivity contribution >= 4 is 5.97 Å². The Morgan fingerprint density at radius 2 is 1.65 bits per heavy atom. The minimum absolute atomic E-state index is 0.193. The molecule has 0 saturated carbocycles. The molecule has 0 radical (unpaired) electrons. The molecule has 1 aromatic rings. The summed E-state index contributed by atoms with van der Waals surface area (Å²) in [6.45, 7) is 11.0. The average Bonchev–Trinajstić information content (AvgIpc) is 2.39. The van der Waals surface area contributed by atoms with Crippen molar-refractivity contribution in [2.75, 3.05) is 13.7 Å². The van der Waals surface area contributed by atoms with Crippen molar-refractivity contribution in [3.05, 3.63) is 35.4 Å². The standard InChI is InChI=1S/C17H27NO2/c1-13(2)11-18(14(3)4)12-16-8-6-15(7-9-16)10-17(19)20-5/h6-9,13-14H,10-12H2,1-5H3. The van der Waals surface area contributed by atoms with Gasteiger partial charge in [0.2, 0.25) is 0 Å². The number of esters is 1. The van der Waals surface area contributed by atoms with Crippen LogP contribution in [0.1, 0.15) is 38.8 Å². The molecule has 112 valence electrons. The molecule has 0 aromatic heterocycles. The van der Waals surface area contributed by atoms with Crippen molar-refractivity contribution < 1.29 is 9.53 Å². The first kappa shape index (κ1) is 16.7. The molecule has 3 heteroatoms. The van der Waals surface area contributed by atoms with Gasteiger partial charge in [0.25, 0.3) is 0 Å². The van der Waals surface area contributed by atoms with Crippen LogP contribution in [0.3, 0.4) is 0 Å². The third kappa shape index (κ3) is 5.74. The van der Waals surface area contributed by atoms with Gasteiger partial charge in [0.05, 0.1) is 13.5 Å². The maximum Gasteiger partial charge on any atom is 0.309 e. The van der Waals surface area contributed by atoms with Gasteiger partial charge >= 0.3 is 5.97 Å². The molecule has 3 nitrogen and oxygen atoms in total. The molecule has 0 heterocycles. The SMILES string of the molecule is COC(=O)Cc1ccc(CN(CC(C)C)C(C)C)cc1. The summed E-state index contributed by atoms with van der Waals surface area (Å²) in [5, 5.41) is 0. The highest BCUT2D eigenvalue weighted by Gasteiger charge is 2.12. The summed E-state index contributed by atoms with van der Waals surface area (Å²) in [6, 6.07) is 8.77. The molecule has 0 fully saturated rings. The van der Waals surface area contributed by atoms with Crippen molar-refractivity contribution in [1.82, 2.24) is 4.90 Å². The Kier molecular flexibility index (Phi) is 6.73. The summed E-state index contributed by atoms with van der Waals surface area (Å²) in [7, 11) is 1.42. The molecule has 0 N–H and O–H groups in total. The maximum atomic E-state index is 11.2. The molecule has 1 rings (SSSR count). The van der Waals surface area contributed by atoms with Gasteiger partial charge in [-0.25, -0.2) is 0 Å². The average molecular weight is 277 g/mol. The summed E-state index contributed by atoms with van der Waals surface area (Å²) in [6.07, 6.45) is 0.344. The van der Waals surface area contributed by atoms with E-state index in [0.717, 1.165) is 18.7 Å². The van der Waals surface area contributed by atoms with Gasteiger partial charge < -0.3 is 4.74 Å². The molecule has 0 amide bonds. The molecule has 0 atom stereocenters. The molecule has 0 aliphatic rings. The van der Waals surface area contributed by atoms with Crippen LogP contribution in [0, 0.1) is 5.92 Å². The van der Waals surface area contributed by atoms with Crippen LogP contribution in [0.25, 0.3) is 0 Å². The predicted octanol–water partition coefficient (Wildman–Crippen LogP) is 3.27. The Balaban J connectivity index is 2.65. The van der Waals surface area contributed by atoms with Crippen molar-refractivity contribution in [3.63, 3.8) is 0 Å². The van der Waals surface area contributed by atoms with Gasteiger partial charge in [-0.1, -0.05) is 38.1 Å². The van der Waals surface area contributed by atoms with E-state index in [1.54, 1.807) is 0 Å². The predicted molar refractivity (Wildman–Crippen MR) is 82.5 cm³/mol. The number of carbonyl (C=O) groups excluding carboxylic acids is 1. The number of hydrogen-bond donors (Lipinski definition) is 0. The molecule has 0 spiro atoms. The van der Waals surface area contributed by atoms with Gasteiger partial charge in [0.15, 0.2) is 0 Å². The normalized spacial score (nSPS) is 11.4. The molecule has 0 bridgehead atoms. The van der Waals surface area contributed by atoms with E-state index in [2.05, 4.69) is 49.5 Å². The van der Waals surface area contributed by atoms with Gasteiger partial charge in [0.1, 0.15) is 0 Å². The lowest BCUT2D eigenvalue weighted by Crippen LogP contribution is -2.33. The number of rotatable bonds is 7. The van der Waals surface area contributed by atoms with Crippen molar-refractivity contribution in [2.45, 2.75) is 46.7 Å². The largest absolute Gasteiger partial charge is 0.469 e. The molecule has 0 unspecified atom stereocenters. The van der Waals surface area contributed by atoms with Gasteiger partial charge in [-0.3, -0.25) is 9.69 Å². The van der Waals surface area contributed by atoms with E-state index < -0.39 is 0 Å². The van der Waals surface area contributed by atoms with Crippen LogP contribution in [-0.2, 0) is 22.5 Å². The Bertz CT molecular complexity index is 410. The second-order valence-corrected chi connectivity index (χ2v) is 5.99. The second kappa shape index (κ2) is 8.05. The zero-order chi connectivity index (χ0) is 15.1. The topological polar surface area (TPSA) is 29.5 Å². The summed E-state index contributed by atoms with van der Waals surface area (Å²) >= 11 is 0. The molecule has 0 aliphatic carbocycles. The molecular formula is C17H27NO2. The number of hydrogen-bond acceptors (Lipinski definition) is 3. The quantitative estimate of drug-likeness (QED) is 0.716. The van der Waals surface area contributed by atoms with Crippen LogP contribution in [0.5, 0.6) is 0 Å². The lowest BCUT2D eigenvalue weighted by molar-refractivity contribution is -0.139. The van der Waals surface area contributed by atoms with Gasteiger partial charge in [-0.15, -0.1) is 0 Å². The molecule has 0 saturated heterocycles. The fourth-order valence-corrected chi connectivity index (χ4v) is 2.16. The van der Waals surface area contributed by atoms with E-state index in [9.17, 15) is 4.79 Å². The summed E-state index contributed by atoms with van der Waals surface area (Å²) in [5.41, 5.74) is 2.29. The van der Waals surface area contributed by atoms with Crippen LogP contribution in [0.15, 0.2) is 24.3 Å². The van der Waals surface area contributed by atoms with Gasteiger partial charge in [-0.2, -0.15) is 0 Å². The highest BCUT2D eigenvalue weighted by molar-refractivity contribution is 5.72. The first-order valence-electron chi connectivity index (χ1n) is 7.31. The van der Waals surface area contributed by atoms with Crippen molar-refractivity contribution in [1.29, 1.82) is 0 Å². The number of ether oxygens (including phenoxy) is 1. The van der Waals surface area contributed by atoms with Crippen LogP contribution >= 0.6 is 0 Å². The van der Waals surface area contributed by atoms with Gasteiger partial charge in [0, 0.05) is 19.1 Å². The number of carbonyl (C=O) groups is 1. The van der Waals surface area contributed by atoms with Crippen LogP contribution in [0.4, 0.5) is 0 Å². The third-order valence-electron chi connectivity index (χ3n) is 3.31. The summed E-state index contributed by atoms with van der Waals surface area (Å²) in [4.78, 5) is 13.7. The van der Waals surface area contributed by atoms with E-state index in [-0.39, 0.29) is 5.97 Å². The molecule has 1 aromatic carbocycles. The Hall–Kier alpha value is -1.35. The van der Waals surface area contributed by atoms with Crippen molar-refractivity contribution in [2.24, 2.45) is 5.92 Å². The zero-order valence-electron chi connectivity index (χ0n) is 13.3. The minimum atomic E-state index is -0.193. The monoisotopic (exact) mass is 277 g/mol. The van der Waals surface area contributed by atoms with Crippen LogP contribution < -0.4 is 0 Å². The highest BCUT2D eigenvalue weighted by Crippen LogP contribution is 2.12. The lowest BCUT2D eigenvalue weighted by atomic mass is 10.1. The Morgan fingerprint density at radius 1 is 1.10 bits per heavy atom. The molecule has 0 aliphatic heterocycles. The van der Waals surface area contributed by atoms with E-state index in [1.165, 1.54) is 12.7 Å². The van der Waals surface area contributed by atoms with E-state index >= 15 is 0 Å². The lowest BCUT2D eigenvalue weighted by Gasteiger charge is -2.28. The first-order chi connectivity index (χ1) is 9.42. The van der Waals surface area contributed by atoms with Crippen molar-refractivity contribution in [3.8, 4) is 0 Å². The molecular weight excluding hydrogens is 250 g/mol. The minimum Gasteiger partial charge on any atom is -0.469 e. The first-order valence-corrected chi connectivity index (χ1v) is 7.31. The Morgan fingerprint density at radius 3 is 2.10 bits per heavy atom. The summed E-state index contributed by atoms with van der Waals surface area (Å²) in [5.74, 6) is 0.470. The maximum absolute atomic E-state index is 11.2. The smallest absolute Gasteiger partial charge is 0.309 e. The number of nitrogens with zero attached hydrogens (tertiary/aromatic N) is 1.